The van der Waals surface area contributed by atoms with Gasteiger partial charge in [0.25, 0.3) is 0 Å². The molecule has 0 aliphatic heterocycles. The number of fused-ring (bicyclic) bond motifs is 1. The first kappa shape index (κ1) is 25.5. The highest BCUT2D eigenvalue weighted by molar-refractivity contribution is 6.06. The van der Waals surface area contributed by atoms with Gasteiger partial charge in [-0.3, -0.25) is 9.48 Å². The molecule has 3 aromatic rings. The molecule has 2 atom stereocenters. The lowest BCUT2D eigenvalue weighted by atomic mass is 10.0. The Hall–Kier alpha value is -3.63. The third kappa shape index (κ3) is 5.14. The van der Waals surface area contributed by atoms with Gasteiger partial charge >= 0.3 is 5.97 Å². The predicted octanol–water partition coefficient (Wildman–Crippen LogP) is 3.22. The average Bonchev–Trinajstić information content (AvgIpc) is 3.51. The Morgan fingerprint density at radius 3 is 2.33 bits per heavy atom. The molecule has 1 aromatic heterocycles. The number of carbonyl (C=O) groups excluding carboxylic acids is 1. The van der Waals surface area contributed by atoms with E-state index in [9.17, 15) is 19.8 Å². The van der Waals surface area contributed by atoms with Crippen LogP contribution in [0.4, 0.5) is 0 Å². The third-order valence-electron chi connectivity index (χ3n) is 6.68. The molecule has 1 amide bonds. The fraction of sp³-hybridized carbons (Fsp3) is 0.423. The lowest BCUT2D eigenvalue weighted by Crippen LogP contribution is -2.31. The molecule has 0 spiro atoms. The van der Waals surface area contributed by atoms with Gasteiger partial charge in [0.1, 0.15) is 29.2 Å². The number of carboxylic acids is 1. The van der Waals surface area contributed by atoms with E-state index >= 15 is 0 Å². The summed E-state index contributed by atoms with van der Waals surface area (Å²) in [6.45, 7) is 2.02. The molecule has 36 heavy (non-hydrogen) atoms. The van der Waals surface area contributed by atoms with E-state index in [1.807, 2.05) is 6.92 Å². The molecule has 1 aliphatic rings. The zero-order valence-corrected chi connectivity index (χ0v) is 20.6. The summed E-state index contributed by atoms with van der Waals surface area (Å²) < 4.78 is 18.8. The number of aliphatic hydroxyl groups excluding tert-OH is 1. The van der Waals surface area contributed by atoms with Crippen LogP contribution in [0, 0.1) is 6.92 Å². The molecule has 0 radical (unpaired) electrons. The standard InChI is InChI=1S/C26H31N3O7/c1-14-20(34-2)10-15(11-21(14)35-3)24(30)22(36-18-6-4-5-7-18)13-29-12-17-8-16(25(27)31)9-19(26(32)33)23(17)28-29/h8-12,18,22,24,30H,4-7,13H2,1-3H3,(H2,27,31)(H,32,33)/t22-,24+/m0/s1. The van der Waals surface area contributed by atoms with E-state index in [-0.39, 0.29) is 29.3 Å². The summed E-state index contributed by atoms with van der Waals surface area (Å²) in [5.74, 6) is -0.783. The second-order valence-corrected chi connectivity index (χ2v) is 9.06. The molecule has 0 bridgehead atoms. The Morgan fingerprint density at radius 2 is 1.78 bits per heavy atom. The highest BCUT2D eigenvalue weighted by Crippen LogP contribution is 2.35. The van der Waals surface area contributed by atoms with Crippen LogP contribution >= 0.6 is 0 Å². The van der Waals surface area contributed by atoms with Crippen LogP contribution in [0.2, 0.25) is 0 Å². The molecule has 1 fully saturated rings. The number of primary amides is 1. The summed E-state index contributed by atoms with van der Waals surface area (Å²) in [6, 6.07) is 6.24. The predicted molar refractivity (Wildman–Crippen MR) is 132 cm³/mol. The van der Waals surface area contributed by atoms with Gasteiger partial charge in [0.15, 0.2) is 0 Å². The SMILES string of the molecule is COc1cc([C@@H](O)[C@H](Cn2cc3cc(C(N)=O)cc(C(=O)O)c3n2)OC2CCCC2)cc(OC)c1C. The molecule has 1 heterocycles. The van der Waals surface area contributed by atoms with Crippen molar-refractivity contribution in [2.75, 3.05) is 14.2 Å². The normalized spacial score (nSPS) is 15.7. The Balaban J connectivity index is 1.72. The second kappa shape index (κ2) is 10.5. The molecule has 2 aromatic carbocycles. The van der Waals surface area contributed by atoms with Crippen molar-refractivity contribution >= 4 is 22.8 Å². The lowest BCUT2D eigenvalue weighted by molar-refractivity contribution is -0.0845. The van der Waals surface area contributed by atoms with E-state index < -0.39 is 24.1 Å². The zero-order chi connectivity index (χ0) is 26.0. The number of ether oxygens (including phenoxy) is 3. The summed E-state index contributed by atoms with van der Waals surface area (Å²) in [4.78, 5) is 23.5. The summed E-state index contributed by atoms with van der Waals surface area (Å²) in [7, 11) is 3.11. The maximum absolute atomic E-state index is 11.8. The number of carboxylic acid groups (broad SMARTS) is 1. The third-order valence-corrected chi connectivity index (χ3v) is 6.68. The number of nitrogens with two attached hydrogens (primary N) is 1. The number of aromatic nitrogens is 2. The Bertz CT molecular complexity index is 1260. The van der Waals surface area contributed by atoms with Gasteiger partial charge in [-0.2, -0.15) is 5.10 Å². The summed E-state index contributed by atoms with van der Waals surface area (Å²) >= 11 is 0. The number of nitrogens with zero attached hydrogens (tertiary/aromatic N) is 2. The van der Waals surface area contributed by atoms with Crippen molar-refractivity contribution in [1.82, 2.24) is 9.78 Å². The van der Waals surface area contributed by atoms with Crippen LogP contribution in [0.5, 0.6) is 11.5 Å². The number of carbonyl (C=O) groups is 2. The highest BCUT2D eigenvalue weighted by Gasteiger charge is 2.29. The van der Waals surface area contributed by atoms with Crippen molar-refractivity contribution in [2.45, 2.75) is 57.5 Å². The van der Waals surface area contributed by atoms with Gasteiger partial charge in [0.05, 0.1) is 32.4 Å². The minimum absolute atomic E-state index is 0.0000809. The number of hydrogen-bond acceptors (Lipinski definition) is 7. The van der Waals surface area contributed by atoms with E-state index in [0.29, 0.717) is 22.4 Å². The molecule has 0 unspecified atom stereocenters. The van der Waals surface area contributed by atoms with Crippen LogP contribution in [0.3, 0.4) is 0 Å². The van der Waals surface area contributed by atoms with Gasteiger partial charge in [-0.05, 0) is 49.6 Å². The van der Waals surface area contributed by atoms with E-state index in [0.717, 1.165) is 31.2 Å². The molecule has 1 saturated carbocycles. The van der Waals surface area contributed by atoms with Crippen molar-refractivity contribution in [1.29, 1.82) is 0 Å². The number of aliphatic hydroxyl groups is 1. The van der Waals surface area contributed by atoms with Crippen LogP contribution in [0.1, 0.15) is 63.6 Å². The number of rotatable bonds is 10. The number of amides is 1. The van der Waals surface area contributed by atoms with E-state index in [2.05, 4.69) is 5.10 Å². The summed E-state index contributed by atoms with van der Waals surface area (Å²) in [5.41, 5.74) is 6.94. The monoisotopic (exact) mass is 497 g/mol. The van der Waals surface area contributed by atoms with Crippen molar-refractivity contribution in [3.8, 4) is 11.5 Å². The summed E-state index contributed by atoms with van der Waals surface area (Å²) in [5, 5.41) is 26.0. The molecule has 192 valence electrons. The molecule has 4 N–H and O–H groups in total. The fourth-order valence-corrected chi connectivity index (χ4v) is 4.75. The number of methoxy groups -OCH3 is 2. The maximum atomic E-state index is 11.8. The largest absolute Gasteiger partial charge is 0.496 e. The van der Waals surface area contributed by atoms with Crippen molar-refractivity contribution < 1.29 is 34.0 Å². The topological polar surface area (TPSA) is 146 Å². The van der Waals surface area contributed by atoms with Crippen molar-refractivity contribution in [2.24, 2.45) is 5.73 Å². The first-order valence-corrected chi connectivity index (χ1v) is 11.8. The molecule has 0 saturated heterocycles. The van der Waals surface area contributed by atoms with Crippen LogP contribution in [-0.4, -0.2) is 58.3 Å². The van der Waals surface area contributed by atoms with Gasteiger partial charge < -0.3 is 30.2 Å². The average molecular weight is 498 g/mol. The number of benzene rings is 2. The Morgan fingerprint density at radius 1 is 1.14 bits per heavy atom. The molecule has 10 nitrogen and oxygen atoms in total. The smallest absolute Gasteiger partial charge is 0.338 e. The van der Waals surface area contributed by atoms with Crippen LogP contribution < -0.4 is 15.2 Å². The Labute approximate surface area is 208 Å². The Kier molecular flexibility index (Phi) is 7.46. The molecular weight excluding hydrogens is 466 g/mol. The number of aromatic carboxylic acids is 1. The van der Waals surface area contributed by atoms with Gasteiger partial charge in [0, 0.05) is 22.7 Å². The van der Waals surface area contributed by atoms with Crippen molar-refractivity contribution in [3.63, 3.8) is 0 Å². The minimum Gasteiger partial charge on any atom is -0.496 e. The van der Waals surface area contributed by atoms with Crippen LogP contribution in [0.15, 0.2) is 30.5 Å². The summed E-state index contributed by atoms with van der Waals surface area (Å²) in [6.07, 6.45) is 3.81. The molecular formula is C26H31N3O7. The van der Waals surface area contributed by atoms with Gasteiger partial charge in [0.2, 0.25) is 5.91 Å². The molecule has 10 heteroatoms. The maximum Gasteiger partial charge on any atom is 0.338 e. The van der Waals surface area contributed by atoms with Gasteiger partial charge in [-0.15, -0.1) is 0 Å². The first-order chi connectivity index (χ1) is 17.2. The van der Waals surface area contributed by atoms with E-state index in [1.165, 1.54) is 16.8 Å². The zero-order valence-electron chi connectivity index (χ0n) is 20.6. The van der Waals surface area contributed by atoms with Crippen molar-refractivity contribution in [3.05, 3.63) is 52.7 Å². The van der Waals surface area contributed by atoms with Crippen LogP contribution in [-0.2, 0) is 11.3 Å². The second-order valence-electron chi connectivity index (χ2n) is 9.06. The molecule has 1 aliphatic carbocycles. The fourth-order valence-electron chi connectivity index (χ4n) is 4.75. The van der Waals surface area contributed by atoms with E-state index in [4.69, 9.17) is 19.9 Å². The first-order valence-electron chi connectivity index (χ1n) is 11.8. The van der Waals surface area contributed by atoms with Crippen LogP contribution in [0.25, 0.3) is 10.9 Å². The molecule has 4 rings (SSSR count). The quantitative estimate of drug-likeness (QED) is 0.387. The van der Waals surface area contributed by atoms with Gasteiger partial charge in [-0.1, -0.05) is 12.8 Å². The number of hydrogen-bond donors (Lipinski definition) is 3. The minimum atomic E-state index is -1.22. The lowest BCUT2D eigenvalue weighted by Gasteiger charge is -2.27. The van der Waals surface area contributed by atoms with Gasteiger partial charge in [-0.25, -0.2) is 4.79 Å². The highest BCUT2D eigenvalue weighted by atomic mass is 16.5. The van der Waals surface area contributed by atoms with E-state index in [1.54, 1.807) is 32.5 Å².